The van der Waals surface area contributed by atoms with Crippen LogP contribution < -0.4 is 5.43 Å². The van der Waals surface area contributed by atoms with Crippen LogP contribution in [-0.4, -0.2) is 24.0 Å². The lowest BCUT2D eigenvalue weighted by molar-refractivity contribution is -0.121. The molecular formula is C14H17BrN2O. The summed E-state index contributed by atoms with van der Waals surface area (Å²) in [7, 11) is 0. The third kappa shape index (κ3) is 4.27. The predicted molar refractivity (Wildman–Crippen MR) is 76.7 cm³/mol. The van der Waals surface area contributed by atoms with Gasteiger partial charge >= 0.3 is 0 Å². The van der Waals surface area contributed by atoms with Gasteiger partial charge in [-0.2, -0.15) is 0 Å². The molecule has 0 spiro atoms. The molecule has 0 radical (unpaired) electrons. The van der Waals surface area contributed by atoms with E-state index in [0.29, 0.717) is 0 Å². The van der Waals surface area contributed by atoms with Crippen molar-refractivity contribution in [1.29, 1.82) is 0 Å². The van der Waals surface area contributed by atoms with Crippen LogP contribution in [0.3, 0.4) is 0 Å². The molecule has 1 heterocycles. The lowest BCUT2D eigenvalue weighted by Crippen LogP contribution is -2.44. The minimum atomic E-state index is -0.0584. The summed E-state index contributed by atoms with van der Waals surface area (Å²) >= 11 is 3.41. The first kappa shape index (κ1) is 13.3. The van der Waals surface area contributed by atoms with Gasteiger partial charge < -0.3 is 0 Å². The zero-order chi connectivity index (χ0) is 12.8. The Balaban J connectivity index is 1.86. The van der Waals surface area contributed by atoms with E-state index >= 15 is 0 Å². The number of halogens is 1. The molecule has 0 bridgehead atoms. The molecule has 0 aliphatic carbocycles. The molecule has 0 aromatic heterocycles. The molecule has 4 heteroatoms. The molecule has 1 aromatic carbocycles. The second-order valence-electron chi connectivity index (χ2n) is 4.41. The van der Waals surface area contributed by atoms with Gasteiger partial charge in [0.1, 0.15) is 0 Å². The number of benzene rings is 1. The number of nitrogens with one attached hydrogen (secondary N) is 1. The summed E-state index contributed by atoms with van der Waals surface area (Å²) in [5.41, 5.74) is 3.91. The smallest absolute Gasteiger partial charge is 0.258 e. The summed E-state index contributed by atoms with van der Waals surface area (Å²) in [5.74, 6) is -0.0584. The number of hydrazine groups is 1. The molecule has 1 aliphatic heterocycles. The van der Waals surface area contributed by atoms with Crippen LogP contribution in [0.4, 0.5) is 0 Å². The minimum absolute atomic E-state index is 0.0584. The molecule has 1 fully saturated rings. The highest BCUT2D eigenvalue weighted by atomic mass is 79.9. The van der Waals surface area contributed by atoms with Crippen molar-refractivity contribution in [2.45, 2.75) is 19.3 Å². The van der Waals surface area contributed by atoms with E-state index in [-0.39, 0.29) is 5.91 Å². The largest absolute Gasteiger partial charge is 0.285 e. The number of nitrogens with zero attached hydrogens (tertiary/aromatic N) is 1. The summed E-state index contributed by atoms with van der Waals surface area (Å²) in [6, 6.07) is 7.86. The SMILES string of the molecule is O=C(/C=C/c1cccc(Br)c1)NN1CCCCC1. The van der Waals surface area contributed by atoms with Crippen molar-refractivity contribution in [3.8, 4) is 0 Å². The Bertz CT molecular complexity index is 439. The standard InChI is InChI=1S/C14H17BrN2O/c15-13-6-4-5-12(11-13)7-8-14(18)16-17-9-2-1-3-10-17/h4-8,11H,1-3,9-10H2,(H,16,18)/b8-7+. The summed E-state index contributed by atoms with van der Waals surface area (Å²) in [6.45, 7) is 1.91. The molecule has 1 N–H and O–H groups in total. The molecule has 2 rings (SSSR count). The summed E-state index contributed by atoms with van der Waals surface area (Å²) in [5, 5.41) is 2.00. The number of piperidine rings is 1. The lowest BCUT2D eigenvalue weighted by atomic mass is 10.2. The first-order valence-corrected chi connectivity index (χ1v) is 7.02. The third-order valence-electron chi connectivity index (χ3n) is 2.90. The topological polar surface area (TPSA) is 32.3 Å². The lowest BCUT2D eigenvalue weighted by Gasteiger charge is -2.26. The van der Waals surface area contributed by atoms with Gasteiger partial charge in [-0.3, -0.25) is 10.2 Å². The second kappa shape index (κ2) is 6.71. The monoisotopic (exact) mass is 308 g/mol. The molecular weight excluding hydrogens is 292 g/mol. The number of rotatable bonds is 3. The van der Waals surface area contributed by atoms with Crippen LogP contribution in [0, 0.1) is 0 Å². The molecule has 1 amide bonds. The molecule has 0 saturated carbocycles. The number of carbonyl (C=O) groups excluding carboxylic acids is 1. The van der Waals surface area contributed by atoms with Crippen molar-refractivity contribution in [3.63, 3.8) is 0 Å². The van der Waals surface area contributed by atoms with E-state index in [1.54, 1.807) is 6.08 Å². The van der Waals surface area contributed by atoms with E-state index in [4.69, 9.17) is 0 Å². The molecule has 18 heavy (non-hydrogen) atoms. The van der Waals surface area contributed by atoms with Gasteiger partial charge in [0.15, 0.2) is 0 Å². The zero-order valence-electron chi connectivity index (χ0n) is 10.2. The highest BCUT2D eigenvalue weighted by Crippen LogP contribution is 2.12. The van der Waals surface area contributed by atoms with E-state index in [9.17, 15) is 4.79 Å². The van der Waals surface area contributed by atoms with Crippen molar-refractivity contribution in [2.24, 2.45) is 0 Å². The van der Waals surface area contributed by atoms with Gasteiger partial charge in [-0.1, -0.05) is 34.5 Å². The first-order chi connectivity index (χ1) is 8.74. The average molecular weight is 309 g/mol. The van der Waals surface area contributed by atoms with Crippen LogP contribution >= 0.6 is 15.9 Å². The zero-order valence-corrected chi connectivity index (χ0v) is 11.8. The average Bonchev–Trinajstić information content (AvgIpc) is 2.38. The fourth-order valence-corrected chi connectivity index (χ4v) is 2.40. The molecule has 1 aromatic rings. The highest BCUT2D eigenvalue weighted by molar-refractivity contribution is 9.10. The van der Waals surface area contributed by atoms with Gasteiger partial charge in [-0.05, 0) is 36.6 Å². The highest BCUT2D eigenvalue weighted by Gasteiger charge is 2.10. The number of hydrogen-bond acceptors (Lipinski definition) is 2. The van der Waals surface area contributed by atoms with Crippen molar-refractivity contribution in [2.75, 3.05) is 13.1 Å². The van der Waals surface area contributed by atoms with Crippen molar-refractivity contribution < 1.29 is 4.79 Å². The van der Waals surface area contributed by atoms with Gasteiger partial charge in [-0.15, -0.1) is 0 Å². The first-order valence-electron chi connectivity index (χ1n) is 6.23. The Labute approximate surface area is 116 Å². The summed E-state index contributed by atoms with van der Waals surface area (Å²) in [4.78, 5) is 11.7. The molecule has 3 nitrogen and oxygen atoms in total. The normalized spacial score (nSPS) is 16.9. The van der Waals surface area contributed by atoms with Crippen LogP contribution in [0.25, 0.3) is 6.08 Å². The molecule has 0 atom stereocenters. The van der Waals surface area contributed by atoms with Gasteiger partial charge in [0.25, 0.3) is 5.91 Å². The van der Waals surface area contributed by atoms with Gasteiger partial charge in [0.05, 0.1) is 0 Å². The molecule has 1 aliphatic rings. The Morgan fingerprint density at radius 1 is 1.28 bits per heavy atom. The maximum Gasteiger partial charge on any atom is 0.258 e. The van der Waals surface area contributed by atoms with Gasteiger partial charge in [-0.25, -0.2) is 5.01 Å². The van der Waals surface area contributed by atoms with Crippen LogP contribution in [0.5, 0.6) is 0 Å². The van der Waals surface area contributed by atoms with Crippen LogP contribution in [0.2, 0.25) is 0 Å². The summed E-state index contributed by atoms with van der Waals surface area (Å²) < 4.78 is 1.01. The Hall–Kier alpha value is -1.13. The Morgan fingerprint density at radius 2 is 2.06 bits per heavy atom. The van der Waals surface area contributed by atoms with Crippen LogP contribution in [-0.2, 0) is 4.79 Å². The fraction of sp³-hybridized carbons (Fsp3) is 0.357. The number of amides is 1. The second-order valence-corrected chi connectivity index (χ2v) is 5.33. The number of carbonyl (C=O) groups is 1. The van der Waals surface area contributed by atoms with E-state index < -0.39 is 0 Å². The van der Waals surface area contributed by atoms with E-state index in [1.165, 1.54) is 6.42 Å². The van der Waals surface area contributed by atoms with Crippen LogP contribution in [0.1, 0.15) is 24.8 Å². The van der Waals surface area contributed by atoms with E-state index in [1.807, 2.05) is 35.4 Å². The molecule has 96 valence electrons. The van der Waals surface area contributed by atoms with Crippen LogP contribution in [0.15, 0.2) is 34.8 Å². The molecule has 0 unspecified atom stereocenters. The predicted octanol–water partition coefficient (Wildman–Crippen LogP) is 2.98. The van der Waals surface area contributed by atoms with Crippen molar-refractivity contribution in [3.05, 3.63) is 40.4 Å². The Kier molecular flexibility index (Phi) is 4.96. The van der Waals surface area contributed by atoms with Gasteiger partial charge in [0, 0.05) is 23.6 Å². The van der Waals surface area contributed by atoms with E-state index in [0.717, 1.165) is 36.0 Å². The quantitative estimate of drug-likeness (QED) is 0.871. The van der Waals surface area contributed by atoms with Crippen molar-refractivity contribution in [1.82, 2.24) is 10.4 Å². The maximum atomic E-state index is 11.7. The summed E-state index contributed by atoms with van der Waals surface area (Å²) in [6.07, 6.45) is 6.99. The van der Waals surface area contributed by atoms with Crippen molar-refractivity contribution >= 4 is 27.9 Å². The molecule has 1 saturated heterocycles. The van der Waals surface area contributed by atoms with Gasteiger partial charge in [0.2, 0.25) is 0 Å². The maximum absolute atomic E-state index is 11.7. The minimum Gasteiger partial charge on any atom is -0.285 e. The fourth-order valence-electron chi connectivity index (χ4n) is 1.98. The van der Waals surface area contributed by atoms with E-state index in [2.05, 4.69) is 21.4 Å². The Morgan fingerprint density at radius 3 is 2.78 bits per heavy atom. The number of hydrogen-bond donors (Lipinski definition) is 1. The third-order valence-corrected chi connectivity index (χ3v) is 3.39.